The molecule has 2 unspecified atom stereocenters. The van der Waals surface area contributed by atoms with E-state index in [1.807, 2.05) is 6.07 Å². The van der Waals surface area contributed by atoms with Gasteiger partial charge in [0.05, 0.1) is 11.1 Å². The van der Waals surface area contributed by atoms with Crippen LogP contribution in [0.4, 0.5) is 0 Å². The topological polar surface area (TPSA) is 74.6 Å². The molecule has 2 N–H and O–H groups in total. The van der Waals surface area contributed by atoms with E-state index in [0.29, 0.717) is 0 Å². The number of hydrogen-bond acceptors (Lipinski definition) is 2. The minimum absolute atomic E-state index is 0.00235. The monoisotopic (exact) mass is 384 g/mol. The molecule has 2 aliphatic carbocycles. The molecule has 2 atom stereocenters. The number of rotatable bonds is 3. The molecule has 2 aliphatic rings. The van der Waals surface area contributed by atoms with Crippen LogP contribution in [0, 0.1) is 0 Å². The van der Waals surface area contributed by atoms with Crippen molar-refractivity contribution in [3.05, 3.63) is 106 Å². The van der Waals surface area contributed by atoms with Gasteiger partial charge in [-0.1, -0.05) is 54.6 Å². The first-order chi connectivity index (χ1) is 14.0. The Labute approximate surface area is 168 Å². The summed E-state index contributed by atoms with van der Waals surface area (Å²) in [6.45, 7) is 0. The van der Waals surface area contributed by atoms with Gasteiger partial charge in [0.25, 0.3) is 0 Å². The Balaban J connectivity index is 1.77. The molecule has 0 saturated carbocycles. The summed E-state index contributed by atoms with van der Waals surface area (Å²) in [4.78, 5) is 23.5. The lowest BCUT2D eigenvalue weighted by atomic mass is 9.67. The van der Waals surface area contributed by atoms with Crippen molar-refractivity contribution in [2.75, 3.05) is 0 Å². The predicted molar refractivity (Wildman–Crippen MR) is 109 cm³/mol. The van der Waals surface area contributed by atoms with Crippen LogP contribution in [0.25, 0.3) is 0 Å². The van der Waals surface area contributed by atoms with Crippen molar-refractivity contribution >= 4 is 11.9 Å². The minimum Gasteiger partial charge on any atom is -0.478 e. The molecule has 0 bridgehead atoms. The summed E-state index contributed by atoms with van der Waals surface area (Å²) in [5, 5.41) is 19.2. The highest BCUT2D eigenvalue weighted by Gasteiger charge is 2.52. The van der Waals surface area contributed by atoms with Crippen molar-refractivity contribution in [3.8, 4) is 0 Å². The van der Waals surface area contributed by atoms with Crippen LogP contribution in [0.3, 0.4) is 0 Å². The highest BCUT2D eigenvalue weighted by molar-refractivity contribution is 5.95. The van der Waals surface area contributed by atoms with Crippen molar-refractivity contribution in [2.24, 2.45) is 0 Å². The molecular weight excluding hydrogens is 364 g/mol. The molecule has 0 aliphatic heterocycles. The molecule has 4 heteroatoms. The molecule has 3 aromatic rings. The molecule has 0 aromatic heterocycles. The Morgan fingerprint density at radius 1 is 0.828 bits per heavy atom. The second-order valence-corrected chi connectivity index (χ2v) is 7.95. The average molecular weight is 384 g/mol. The Morgan fingerprint density at radius 3 is 2.17 bits per heavy atom. The second-order valence-electron chi connectivity index (χ2n) is 7.95. The number of carboxylic acid groups (broad SMARTS) is 2. The van der Waals surface area contributed by atoms with Gasteiger partial charge in [-0.3, -0.25) is 0 Å². The third-order valence-electron chi connectivity index (χ3n) is 6.71. The van der Waals surface area contributed by atoms with E-state index >= 15 is 0 Å². The first kappa shape index (κ1) is 17.7. The number of benzene rings is 3. The summed E-state index contributed by atoms with van der Waals surface area (Å²) < 4.78 is 0. The van der Waals surface area contributed by atoms with Crippen LogP contribution in [-0.2, 0) is 18.3 Å². The van der Waals surface area contributed by atoms with Gasteiger partial charge < -0.3 is 10.2 Å². The van der Waals surface area contributed by atoms with Crippen LogP contribution in [-0.4, -0.2) is 22.2 Å². The van der Waals surface area contributed by atoms with Crippen LogP contribution in [0.1, 0.15) is 60.9 Å². The zero-order valence-corrected chi connectivity index (χ0v) is 15.8. The summed E-state index contributed by atoms with van der Waals surface area (Å²) in [6.07, 6.45) is 2.63. The normalized spacial score (nSPS) is 21.7. The fraction of sp³-hybridized carbons (Fsp3) is 0.200. The van der Waals surface area contributed by atoms with Gasteiger partial charge in [0.1, 0.15) is 0 Å². The van der Waals surface area contributed by atoms with Gasteiger partial charge in [0, 0.05) is 11.3 Å². The predicted octanol–water partition coefficient (Wildman–Crippen LogP) is 4.66. The SMILES string of the molecule is O=C(O)c1ccc(C2Cc3ccccc3C23CCc2ccccc23)c(C(=O)O)c1. The van der Waals surface area contributed by atoms with Crippen molar-refractivity contribution in [1.82, 2.24) is 0 Å². The molecule has 0 radical (unpaired) electrons. The summed E-state index contributed by atoms with van der Waals surface area (Å²) >= 11 is 0. The Morgan fingerprint density at radius 2 is 1.48 bits per heavy atom. The van der Waals surface area contributed by atoms with Crippen molar-refractivity contribution in [3.63, 3.8) is 0 Å². The molecule has 29 heavy (non-hydrogen) atoms. The van der Waals surface area contributed by atoms with Gasteiger partial charge in [-0.15, -0.1) is 0 Å². The quantitative estimate of drug-likeness (QED) is 0.689. The van der Waals surface area contributed by atoms with E-state index < -0.39 is 11.9 Å². The first-order valence-electron chi connectivity index (χ1n) is 9.79. The number of fused-ring (bicyclic) bond motifs is 4. The van der Waals surface area contributed by atoms with Gasteiger partial charge in [0.15, 0.2) is 0 Å². The van der Waals surface area contributed by atoms with E-state index in [9.17, 15) is 19.8 Å². The number of carboxylic acids is 2. The average Bonchev–Trinajstić information content (AvgIpc) is 3.28. The Kier molecular flexibility index (Phi) is 3.85. The van der Waals surface area contributed by atoms with E-state index in [2.05, 4.69) is 42.5 Å². The summed E-state index contributed by atoms with van der Waals surface area (Å²) in [5.74, 6) is -2.24. The Bertz CT molecular complexity index is 1150. The number of hydrogen-bond donors (Lipinski definition) is 2. The maximum atomic E-state index is 12.1. The maximum absolute atomic E-state index is 12.1. The molecule has 144 valence electrons. The van der Waals surface area contributed by atoms with E-state index in [0.717, 1.165) is 24.8 Å². The summed E-state index contributed by atoms with van der Waals surface area (Å²) in [7, 11) is 0. The lowest BCUT2D eigenvalue weighted by Crippen LogP contribution is -2.30. The van der Waals surface area contributed by atoms with Gasteiger partial charge in [-0.2, -0.15) is 0 Å². The zero-order chi connectivity index (χ0) is 20.2. The fourth-order valence-electron chi connectivity index (χ4n) is 5.55. The third kappa shape index (κ3) is 2.45. The summed E-state index contributed by atoms with van der Waals surface area (Å²) in [5.41, 5.74) is 5.63. The highest BCUT2D eigenvalue weighted by Crippen LogP contribution is 2.59. The smallest absolute Gasteiger partial charge is 0.335 e. The van der Waals surface area contributed by atoms with Crippen LogP contribution in [0.2, 0.25) is 0 Å². The molecule has 0 fully saturated rings. The molecule has 0 saturated heterocycles. The zero-order valence-electron chi connectivity index (χ0n) is 15.8. The van der Waals surface area contributed by atoms with Crippen molar-refractivity contribution in [2.45, 2.75) is 30.6 Å². The van der Waals surface area contributed by atoms with Crippen molar-refractivity contribution in [1.29, 1.82) is 0 Å². The summed E-state index contributed by atoms with van der Waals surface area (Å²) in [6, 6.07) is 21.4. The van der Waals surface area contributed by atoms with Crippen LogP contribution >= 0.6 is 0 Å². The minimum atomic E-state index is -1.12. The van der Waals surface area contributed by atoms with Gasteiger partial charge in [0.2, 0.25) is 0 Å². The molecule has 0 heterocycles. The second kappa shape index (κ2) is 6.31. The van der Waals surface area contributed by atoms with E-state index in [1.54, 1.807) is 6.07 Å². The number of aryl methyl sites for hydroxylation is 1. The van der Waals surface area contributed by atoms with Gasteiger partial charge >= 0.3 is 11.9 Å². The van der Waals surface area contributed by atoms with Crippen molar-refractivity contribution < 1.29 is 19.8 Å². The number of aromatic carboxylic acids is 2. The largest absolute Gasteiger partial charge is 0.478 e. The standard InChI is InChI=1S/C25H20O4/c26-23(27)17-9-10-18(19(13-17)24(28)29)22-14-16-6-2-4-8-21(16)25(22)12-11-15-5-1-3-7-20(15)25/h1-10,13,22H,11-12,14H2,(H,26,27)(H,28,29). The molecule has 0 amide bonds. The third-order valence-corrected chi connectivity index (χ3v) is 6.71. The van der Waals surface area contributed by atoms with E-state index in [-0.39, 0.29) is 22.5 Å². The van der Waals surface area contributed by atoms with E-state index in [1.165, 1.54) is 34.4 Å². The number of carbonyl (C=O) groups is 2. The lowest BCUT2D eigenvalue weighted by molar-refractivity contribution is 0.0694. The van der Waals surface area contributed by atoms with Gasteiger partial charge in [-0.25, -0.2) is 9.59 Å². The van der Waals surface area contributed by atoms with Gasteiger partial charge in [-0.05, 0) is 59.2 Å². The molecule has 3 aromatic carbocycles. The van der Waals surface area contributed by atoms with Crippen LogP contribution in [0.15, 0.2) is 66.7 Å². The Hall–Kier alpha value is -3.40. The van der Waals surface area contributed by atoms with Crippen LogP contribution < -0.4 is 0 Å². The first-order valence-corrected chi connectivity index (χ1v) is 9.79. The fourth-order valence-corrected chi connectivity index (χ4v) is 5.55. The lowest BCUT2D eigenvalue weighted by Gasteiger charge is -2.35. The molecule has 4 nitrogen and oxygen atoms in total. The molecular formula is C25H20O4. The van der Waals surface area contributed by atoms with Crippen LogP contribution in [0.5, 0.6) is 0 Å². The van der Waals surface area contributed by atoms with E-state index in [4.69, 9.17) is 0 Å². The molecule has 1 spiro atoms. The maximum Gasteiger partial charge on any atom is 0.335 e. The highest BCUT2D eigenvalue weighted by atomic mass is 16.4. The molecule has 5 rings (SSSR count).